The summed E-state index contributed by atoms with van der Waals surface area (Å²) in [5.74, 6) is 0.358. The number of halogens is 1. The number of carbonyl (C=O) groups excluding carboxylic acids is 1. The Morgan fingerprint density at radius 1 is 1.35 bits per heavy atom. The van der Waals surface area contributed by atoms with E-state index in [1.54, 1.807) is 23.1 Å². The van der Waals surface area contributed by atoms with E-state index in [2.05, 4.69) is 10.0 Å². The number of benzene rings is 1. The fourth-order valence-corrected chi connectivity index (χ4v) is 4.64. The number of sulfonamides is 1. The lowest BCUT2D eigenvalue weighted by atomic mass is 10.1. The molecule has 2 bridgehead atoms. The number of hydrogen-bond acceptors (Lipinski definition) is 3. The molecule has 1 heterocycles. The van der Waals surface area contributed by atoms with E-state index in [9.17, 15) is 13.2 Å². The van der Waals surface area contributed by atoms with E-state index >= 15 is 0 Å². The third kappa shape index (κ3) is 3.62. The van der Waals surface area contributed by atoms with Crippen LogP contribution in [-0.4, -0.2) is 44.2 Å². The minimum atomic E-state index is -3.27. The molecule has 1 saturated heterocycles. The number of nitrogens with one attached hydrogen (secondary N) is 2. The second-order valence-corrected chi connectivity index (χ2v) is 8.66. The number of likely N-dealkylation sites (tertiary alicyclic amines) is 1. The summed E-state index contributed by atoms with van der Waals surface area (Å²) in [4.78, 5) is 14.3. The summed E-state index contributed by atoms with van der Waals surface area (Å²) < 4.78 is 25.6. The molecule has 0 spiro atoms. The first-order valence-electron chi connectivity index (χ1n) is 7.54. The SMILES string of the molecule is Cc1cc(Cl)ccc1NC(=O)N1CC2CC(NS(C)(=O)=O)C1C2. The van der Waals surface area contributed by atoms with Crippen LogP contribution in [0.15, 0.2) is 18.2 Å². The van der Waals surface area contributed by atoms with Crippen molar-refractivity contribution in [2.45, 2.75) is 31.8 Å². The van der Waals surface area contributed by atoms with Crippen LogP contribution in [0.4, 0.5) is 10.5 Å². The molecule has 2 N–H and O–H groups in total. The molecule has 1 aromatic rings. The van der Waals surface area contributed by atoms with Crippen LogP contribution in [0.1, 0.15) is 18.4 Å². The zero-order valence-corrected chi connectivity index (χ0v) is 14.6. The first-order valence-corrected chi connectivity index (χ1v) is 9.81. The summed E-state index contributed by atoms with van der Waals surface area (Å²) >= 11 is 5.92. The molecule has 1 aliphatic heterocycles. The fourth-order valence-electron chi connectivity index (χ4n) is 3.61. The molecule has 3 unspecified atom stereocenters. The van der Waals surface area contributed by atoms with Crippen molar-refractivity contribution in [3.05, 3.63) is 28.8 Å². The Labute approximate surface area is 141 Å². The third-order valence-corrected chi connectivity index (χ3v) is 5.50. The predicted octanol–water partition coefficient (Wildman–Crippen LogP) is 2.19. The van der Waals surface area contributed by atoms with E-state index in [4.69, 9.17) is 11.6 Å². The van der Waals surface area contributed by atoms with Gasteiger partial charge in [-0.15, -0.1) is 0 Å². The molecule has 1 aliphatic carbocycles. The van der Waals surface area contributed by atoms with Crippen molar-refractivity contribution >= 4 is 33.3 Å². The molecule has 3 atom stereocenters. The number of nitrogens with zero attached hydrogens (tertiary/aromatic N) is 1. The molecule has 3 rings (SSSR count). The van der Waals surface area contributed by atoms with Gasteiger partial charge in [-0.25, -0.2) is 17.9 Å². The standard InChI is InChI=1S/C15H20ClN3O3S/c1-9-5-11(16)3-4-12(9)17-15(20)19-8-10-6-13(14(19)7-10)18-23(2,21)22/h3-5,10,13-14,18H,6-8H2,1-2H3,(H,17,20). The van der Waals surface area contributed by atoms with Gasteiger partial charge < -0.3 is 10.2 Å². The minimum Gasteiger partial charge on any atom is -0.320 e. The van der Waals surface area contributed by atoms with Crippen LogP contribution in [-0.2, 0) is 10.0 Å². The molecular weight excluding hydrogens is 338 g/mol. The largest absolute Gasteiger partial charge is 0.322 e. The highest BCUT2D eigenvalue weighted by Crippen LogP contribution is 2.38. The number of hydrogen-bond donors (Lipinski definition) is 2. The first-order chi connectivity index (χ1) is 10.7. The van der Waals surface area contributed by atoms with Crippen LogP contribution in [0.25, 0.3) is 0 Å². The lowest BCUT2D eigenvalue weighted by Crippen LogP contribution is -2.52. The van der Waals surface area contributed by atoms with Gasteiger partial charge in [0, 0.05) is 23.3 Å². The van der Waals surface area contributed by atoms with Gasteiger partial charge in [-0.2, -0.15) is 0 Å². The van der Waals surface area contributed by atoms with Crippen LogP contribution < -0.4 is 10.0 Å². The van der Waals surface area contributed by atoms with E-state index in [1.807, 2.05) is 6.92 Å². The Bertz CT molecular complexity index is 737. The minimum absolute atomic E-state index is 0.0812. The van der Waals surface area contributed by atoms with Gasteiger partial charge >= 0.3 is 6.03 Å². The molecule has 126 valence electrons. The maximum atomic E-state index is 12.6. The quantitative estimate of drug-likeness (QED) is 0.870. The lowest BCUT2D eigenvalue weighted by Gasteiger charge is -2.33. The molecule has 23 heavy (non-hydrogen) atoms. The predicted molar refractivity (Wildman–Crippen MR) is 90.2 cm³/mol. The van der Waals surface area contributed by atoms with Gasteiger partial charge in [0.2, 0.25) is 10.0 Å². The van der Waals surface area contributed by atoms with Gasteiger partial charge in [0.1, 0.15) is 0 Å². The molecule has 8 heteroatoms. The molecule has 1 aromatic carbocycles. The van der Waals surface area contributed by atoms with Gasteiger partial charge in [-0.1, -0.05) is 11.6 Å². The van der Waals surface area contributed by atoms with Crippen molar-refractivity contribution in [3.63, 3.8) is 0 Å². The van der Waals surface area contributed by atoms with Gasteiger partial charge in [0.05, 0.1) is 12.3 Å². The number of rotatable bonds is 3. The zero-order chi connectivity index (χ0) is 16.8. The van der Waals surface area contributed by atoms with Crippen LogP contribution >= 0.6 is 11.6 Å². The number of aryl methyl sites for hydroxylation is 1. The van der Waals surface area contributed by atoms with Crippen LogP contribution in [0, 0.1) is 12.8 Å². The average Bonchev–Trinajstić information content (AvgIpc) is 2.99. The highest BCUT2D eigenvalue weighted by atomic mass is 35.5. The Kier molecular flexibility index (Phi) is 4.29. The number of fused-ring (bicyclic) bond motifs is 2. The van der Waals surface area contributed by atoms with Crippen molar-refractivity contribution in [1.29, 1.82) is 0 Å². The second kappa shape index (κ2) is 5.96. The average molecular weight is 358 g/mol. The number of amides is 2. The van der Waals surface area contributed by atoms with Crippen molar-refractivity contribution in [2.24, 2.45) is 5.92 Å². The van der Waals surface area contributed by atoms with Crippen molar-refractivity contribution < 1.29 is 13.2 Å². The molecule has 0 radical (unpaired) electrons. The highest BCUT2D eigenvalue weighted by molar-refractivity contribution is 7.88. The number of urea groups is 1. The Morgan fingerprint density at radius 3 is 2.70 bits per heavy atom. The Balaban J connectivity index is 1.71. The maximum Gasteiger partial charge on any atom is 0.322 e. The second-order valence-electron chi connectivity index (χ2n) is 6.44. The van der Waals surface area contributed by atoms with Crippen LogP contribution in [0.3, 0.4) is 0 Å². The van der Waals surface area contributed by atoms with E-state index in [0.29, 0.717) is 17.5 Å². The van der Waals surface area contributed by atoms with E-state index in [0.717, 1.165) is 30.3 Å². The normalized spacial score (nSPS) is 26.6. The van der Waals surface area contributed by atoms with Gasteiger partial charge in [-0.3, -0.25) is 0 Å². The molecule has 1 saturated carbocycles. The lowest BCUT2D eigenvalue weighted by molar-refractivity contribution is 0.183. The summed E-state index contributed by atoms with van der Waals surface area (Å²) in [6.07, 6.45) is 2.79. The highest BCUT2D eigenvalue weighted by Gasteiger charge is 2.47. The van der Waals surface area contributed by atoms with Gasteiger partial charge in [0.15, 0.2) is 0 Å². The summed E-state index contributed by atoms with van der Waals surface area (Å²) in [5.41, 5.74) is 1.61. The summed E-state index contributed by atoms with van der Waals surface area (Å²) in [6, 6.07) is 4.83. The number of carbonyl (C=O) groups is 1. The fraction of sp³-hybridized carbons (Fsp3) is 0.533. The Morgan fingerprint density at radius 2 is 2.09 bits per heavy atom. The van der Waals surface area contributed by atoms with E-state index in [-0.39, 0.29) is 18.1 Å². The van der Waals surface area contributed by atoms with Crippen molar-refractivity contribution in [2.75, 3.05) is 18.1 Å². The van der Waals surface area contributed by atoms with Crippen LogP contribution in [0.5, 0.6) is 0 Å². The zero-order valence-electron chi connectivity index (χ0n) is 13.0. The number of piperidine rings is 1. The third-order valence-electron chi connectivity index (χ3n) is 4.54. The van der Waals surface area contributed by atoms with Crippen LogP contribution in [0.2, 0.25) is 5.02 Å². The molecular formula is C15H20ClN3O3S. The Hall–Kier alpha value is -1.31. The smallest absolute Gasteiger partial charge is 0.320 e. The van der Waals surface area contributed by atoms with Gasteiger partial charge in [-0.05, 0) is 49.4 Å². The van der Waals surface area contributed by atoms with Crippen molar-refractivity contribution in [3.8, 4) is 0 Å². The van der Waals surface area contributed by atoms with E-state index < -0.39 is 10.0 Å². The summed E-state index contributed by atoms with van der Waals surface area (Å²) in [6.45, 7) is 2.55. The molecule has 2 fully saturated rings. The topological polar surface area (TPSA) is 78.5 Å². The summed E-state index contributed by atoms with van der Waals surface area (Å²) in [7, 11) is -3.27. The maximum absolute atomic E-state index is 12.6. The first kappa shape index (κ1) is 16.5. The molecule has 2 aliphatic rings. The number of anilines is 1. The molecule has 0 aromatic heterocycles. The monoisotopic (exact) mass is 357 g/mol. The molecule has 2 amide bonds. The molecule has 6 nitrogen and oxygen atoms in total. The van der Waals surface area contributed by atoms with E-state index in [1.165, 1.54) is 0 Å². The van der Waals surface area contributed by atoms with Crippen molar-refractivity contribution in [1.82, 2.24) is 9.62 Å². The summed E-state index contributed by atoms with van der Waals surface area (Å²) in [5, 5.41) is 3.52. The van der Waals surface area contributed by atoms with Gasteiger partial charge in [0.25, 0.3) is 0 Å².